The van der Waals surface area contributed by atoms with Gasteiger partial charge >= 0.3 is 0 Å². The minimum Gasteiger partial charge on any atom is -0.366 e. The third-order valence-electron chi connectivity index (χ3n) is 4.88. The summed E-state index contributed by atoms with van der Waals surface area (Å²) in [6, 6.07) is 19.1. The first-order valence-electron chi connectivity index (χ1n) is 8.54. The Morgan fingerprint density at radius 2 is 1.92 bits per heavy atom. The van der Waals surface area contributed by atoms with Gasteiger partial charge in [0, 0.05) is 37.3 Å². The summed E-state index contributed by atoms with van der Waals surface area (Å²) >= 11 is 0. The first-order valence-corrected chi connectivity index (χ1v) is 8.54. The molecule has 0 bridgehead atoms. The summed E-state index contributed by atoms with van der Waals surface area (Å²) in [7, 11) is 0. The van der Waals surface area contributed by atoms with E-state index in [1.807, 2.05) is 12.1 Å². The van der Waals surface area contributed by atoms with Crippen LogP contribution >= 0.6 is 0 Å². The molecule has 1 aliphatic rings. The highest BCUT2D eigenvalue weighted by molar-refractivity contribution is 5.92. The number of primary amides is 1. The van der Waals surface area contributed by atoms with Crippen LogP contribution in [0.2, 0.25) is 0 Å². The lowest BCUT2D eigenvalue weighted by Gasteiger charge is -2.25. The summed E-state index contributed by atoms with van der Waals surface area (Å²) in [4.78, 5) is 13.6. The molecular formula is C20H25N3O. The van der Waals surface area contributed by atoms with Gasteiger partial charge in [-0.1, -0.05) is 42.5 Å². The van der Waals surface area contributed by atoms with Gasteiger partial charge in [0.1, 0.15) is 0 Å². The van der Waals surface area contributed by atoms with Crippen LogP contribution < -0.4 is 11.1 Å². The molecule has 0 spiro atoms. The third kappa shape index (κ3) is 4.02. The van der Waals surface area contributed by atoms with E-state index < -0.39 is 0 Å². The first kappa shape index (κ1) is 16.7. The Labute approximate surface area is 143 Å². The normalized spacial score (nSPS) is 19.3. The highest BCUT2D eigenvalue weighted by atomic mass is 16.1. The van der Waals surface area contributed by atoms with E-state index in [4.69, 9.17) is 5.73 Å². The molecule has 1 amide bonds. The fraction of sp³-hybridized carbons (Fsp3) is 0.350. The van der Waals surface area contributed by atoms with Crippen LogP contribution in [-0.4, -0.2) is 29.9 Å². The molecule has 0 aromatic heterocycles. The van der Waals surface area contributed by atoms with Crippen molar-refractivity contribution in [1.82, 2.24) is 10.2 Å². The van der Waals surface area contributed by atoms with Crippen molar-refractivity contribution >= 4 is 5.91 Å². The van der Waals surface area contributed by atoms with Crippen molar-refractivity contribution in [3.63, 3.8) is 0 Å². The fourth-order valence-corrected chi connectivity index (χ4v) is 3.30. The van der Waals surface area contributed by atoms with Crippen LogP contribution in [-0.2, 0) is 6.54 Å². The summed E-state index contributed by atoms with van der Waals surface area (Å²) in [5.41, 5.74) is 8.38. The van der Waals surface area contributed by atoms with Gasteiger partial charge in [0.2, 0.25) is 5.91 Å². The van der Waals surface area contributed by atoms with Crippen molar-refractivity contribution in [3.05, 3.63) is 71.3 Å². The number of amides is 1. The Morgan fingerprint density at radius 1 is 1.21 bits per heavy atom. The molecule has 0 saturated carbocycles. The van der Waals surface area contributed by atoms with Gasteiger partial charge in [0.25, 0.3) is 0 Å². The summed E-state index contributed by atoms with van der Waals surface area (Å²) in [5.74, 6) is -0.379. The molecule has 0 aliphatic carbocycles. The van der Waals surface area contributed by atoms with Gasteiger partial charge in [0.15, 0.2) is 0 Å². The number of carbonyl (C=O) groups excluding carboxylic acids is 1. The molecular weight excluding hydrogens is 298 g/mol. The van der Waals surface area contributed by atoms with Gasteiger partial charge in [-0.25, -0.2) is 0 Å². The highest BCUT2D eigenvalue weighted by Crippen LogP contribution is 2.24. The molecule has 24 heavy (non-hydrogen) atoms. The maximum absolute atomic E-state index is 11.1. The van der Waals surface area contributed by atoms with E-state index in [-0.39, 0.29) is 5.91 Å². The lowest BCUT2D eigenvalue weighted by Crippen LogP contribution is -2.33. The highest BCUT2D eigenvalue weighted by Gasteiger charge is 2.26. The number of hydrogen-bond donors (Lipinski definition) is 2. The molecule has 2 aromatic rings. The lowest BCUT2D eigenvalue weighted by molar-refractivity contribution is 0.100. The molecule has 2 atom stereocenters. The van der Waals surface area contributed by atoms with Crippen LogP contribution in [0.15, 0.2) is 54.6 Å². The van der Waals surface area contributed by atoms with Gasteiger partial charge < -0.3 is 11.1 Å². The predicted octanol–water partition coefficient (Wildman–Crippen LogP) is 2.71. The fourth-order valence-electron chi connectivity index (χ4n) is 3.30. The van der Waals surface area contributed by atoms with E-state index in [9.17, 15) is 4.79 Å². The second-order valence-corrected chi connectivity index (χ2v) is 6.51. The van der Waals surface area contributed by atoms with E-state index in [1.165, 1.54) is 11.1 Å². The molecule has 4 nitrogen and oxygen atoms in total. The Morgan fingerprint density at radius 3 is 2.58 bits per heavy atom. The van der Waals surface area contributed by atoms with Crippen molar-refractivity contribution in [3.8, 4) is 0 Å². The summed E-state index contributed by atoms with van der Waals surface area (Å²) in [6.45, 7) is 5.28. The molecule has 1 heterocycles. The van der Waals surface area contributed by atoms with E-state index >= 15 is 0 Å². The quantitative estimate of drug-likeness (QED) is 0.859. The Bertz CT molecular complexity index is 669. The minimum atomic E-state index is -0.379. The van der Waals surface area contributed by atoms with E-state index in [0.29, 0.717) is 17.6 Å². The van der Waals surface area contributed by atoms with Crippen LogP contribution in [0.4, 0.5) is 0 Å². The van der Waals surface area contributed by atoms with Crippen molar-refractivity contribution < 1.29 is 4.79 Å². The van der Waals surface area contributed by atoms with E-state index in [1.54, 1.807) is 12.1 Å². The number of rotatable bonds is 6. The second kappa shape index (κ2) is 7.60. The molecule has 0 radical (unpaired) electrons. The molecule has 1 fully saturated rings. The Balaban J connectivity index is 1.50. The molecule has 0 unspecified atom stereocenters. The van der Waals surface area contributed by atoms with Gasteiger partial charge in [-0.15, -0.1) is 0 Å². The second-order valence-electron chi connectivity index (χ2n) is 6.51. The molecule has 3 N–H and O–H groups in total. The minimum absolute atomic E-state index is 0.379. The van der Waals surface area contributed by atoms with Crippen molar-refractivity contribution in [1.29, 1.82) is 0 Å². The van der Waals surface area contributed by atoms with Crippen LogP contribution in [0.3, 0.4) is 0 Å². The number of carbonyl (C=O) groups is 1. The molecule has 126 valence electrons. The standard InChI is InChI=1S/C20H25N3O/c1-15(17-5-3-2-4-6-17)23-12-11-19(14-23)22-13-16-7-9-18(10-8-16)20(21)24/h2-10,15,19,22H,11-14H2,1H3,(H2,21,24)/t15-,19-/m0/s1. The van der Waals surface area contributed by atoms with E-state index in [0.717, 1.165) is 26.1 Å². The number of nitrogens with zero attached hydrogens (tertiary/aromatic N) is 1. The smallest absolute Gasteiger partial charge is 0.248 e. The summed E-state index contributed by atoms with van der Waals surface area (Å²) in [6.07, 6.45) is 1.16. The molecule has 3 rings (SSSR count). The van der Waals surface area contributed by atoms with Crippen LogP contribution in [0.1, 0.15) is 40.9 Å². The predicted molar refractivity (Wildman–Crippen MR) is 96.6 cm³/mol. The van der Waals surface area contributed by atoms with Gasteiger partial charge in [-0.3, -0.25) is 9.69 Å². The molecule has 1 saturated heterocycles. The number of nitrogens with two attached hydrogens (primary N) is 1. The third-order valence-corrected chi connectivity index (χ3v) is 4.88. The summed E-state index contributed by atoms with van der Waals surface area (Å²) in [5, 5.41) is 3.63. The maximum atomic E-state index is 11.1. The Kier molecular flexibility index (Phi) is 5.28. The van der Waals surface area contributed by atoms with Crippen molar-refractivity contribution in [2.45, 2.75) is 32.0 Å². The number of hydrogen-bond acceptors (Lipinski definition) is 3. The average Bonchev–Trinajstić information content (AvgIpc) is 3.09. The zero-order chi connectivity index (χ0) is 16.9. The van der Waals surface area contributed by atoms with Gasteiger partial charge in [-0.2, -0.15) is 0 Å². The maximum Gasteiger partial charge on any atom is 0.248 e. The lowest BCUT2D eigenvalue weighted by atomic mass is 10.1. The van der Waals surface area contributed by atoms with Crippen molar-refractivity contribution in [2.75, 3.05) is 13.1 Å². The zero-order valence-electron chi connectivity index (χ0n) is 14.1. The van der Waals surface area contributed by atoms with Crippen molar-refractivity contribution in [2.24, 2.45) is 5.73 Å². The van der Waals surface area contributed by atoms with Crippen LogP contribution in [0.5, 0.6) is 0 Å². The topological polar surface area (TPSA) is 58.4 Å². The van der Waals surface area contributed by atoms with Gasteiger partial charge in [-0.05, 0) is 36.6 Å². The molecule has 2 aromatic carbocycles. The zero-order valence-corrected chi connectivity index (χ0v) is 14.1. The summed E-state index contributed by atoms with van der Waals surface area (Å²) < 4.78 is 0. The number of likely N-dealkylation sites (tertiary alicyclic amines) is 1. The molecule has 4 heteroatoms. The largest absolute Gasteiger partial charge is 0.366 e. The Hall–Kier alpha value is -2.17. The van der Waals surface area contributed by atoms with E-state index in [2.05, 4.69) is 47.5 Å². The molecule has 1 aliphatic heterocycles. The first-order chi connectivity index (χ1) is 11.6. The number of nitrogens with one attached hydrogen (secondary N) is 1. The van der Waals surface area contributed by atoms with Crippen LogP contribution in [0.25, 0.3) is 0 Å². The SMILES string of the molecule is C[C@@H](c1ccccc1)N1CC[C@H](NCc2ccc(C(N)=O)cc2)C1. The average molecular weight is 323 g/mol. The van der Waals surface area contributed by atoms with Gasteiger partial charge in [0.05, 0.1) is 0 Å². The monoisotopic (exact) mass is 323 g/mol. The number of benzene rings is 2. The van der Waals surface area contributed by atoms with Crippen LogP contribution in [0, 0.1) is 0 Å².